The molecule has 0 amide bonds. The Labute approximate surface area is 109 Å². The van der Waals surface area contributed by atoms with Gasteiger partial charge in [-0.05, 0) is 56.8 Å². The Hall–Kier alpha value is -1.09. The third kappa shape index (κ3) is 3.02. The summed E-state index contributed by atoms with van der Waals surface area (Å²) in [5.41, 5.74) is 1.02. The molecule has 1 aliphatic rings. The first-order valence-electron chi connectivity index (χ1n) is 6.70. The van der Waals surface area contributed by atoms with Crippen molar-refractivity contribution in [3.8, 4) is 5.75 Å². The first kappa shape index (κ1) is 13.3. The number of aryl methyl sites for hydroxylation is 1. The van der Waals surface area contributed by atoms with E-state index in [1.54, 1.807) is 12.1 Å². The topological polar surface area (TPSA) is 21.3 Å². The molecular weight excluding hydrogens is 229 g/mol. The third-order valence-electron chi connectivity index (χ3n) is 3.79. The van der Waals surface area contributed by atoms with E-state index in [0.717, 1.165) is 18.4 Å². The van der Waals surface area contributed by atoms with Crippen LogP contribution in [0.15, 0.2) is 18.2 Å². The zero-order chi connectivity index (χ0) is 13.1. The van der Waals surface area contributed by atoms with E-state index in [1.807, 2.05) is 14.0 Å². The van der Waals surface area contributed by atoms with Crippen molar-refractivity contribution in [3.05, 3.63) is 29.6 Å². The quantitative estimate of drug-likeness (QED) is 0.890. The number of hydrogen-bond donors (Lipinski definition) is 1. The first-order chi connectivity index (χ1) is 8.60. The van der Waals surface area contributed by atoms with Crippen LogP contribution in [0.5, 0.6) is 5.75 Å². The van der Waals surface area contributed by atoms with Gasteiger partial charge in [0, 0.05) is 6.04 Å². The van der Waals surface area contributed by atoms with Gasteiger partial charge in [-0.1, -0.05) is 13.0 Å². The maximum Gasteiger partial charge on any atom is 0.165 e. The molecule has 0 spiro atoms. The summed E-state index contributed by atoms with van der Waals surface area (Å²) < 4.78 is 19.6. The Bertz CT molecular complexity index is 407. The van der Waals surface area contributed by atoms with E-state index in [0.29, 0.717) is 17.7 Å². The molecule has 1 N–H and O–H groups in total. The Kier molecular flexibility index (Phi) is 4.23. The van der Waals surface area contributed by atoms with Crippen LogP contribution in [0.2, 0.25) is 0 Å². The molecule has 18 heavy (non-hydrogen) atoms. The normalized spacial score (nSPS) is 28.1. The van der Waals surface area contributed by atoms with E-state index in [9.17, 15) is 4.39 Å². The van der Waals surface area contributed by atoms with Crippen LogP contribution in [-0.2, 0) is 0 Å². The van der Waals surface area contributed by atoms with Gasteiger partial charge in [0.05, 0.1) is 0 Å². The minimum absolute atomic E-state index is 0.0649. The van der Waals surface area contributed by atoms with Crippen LogP contribution in [0, 0.1) is 18.7 Å². The summed E-state index contributed by atoms with van der Waals surface area (Å²) in [4.78, 5) is 0. The molecule has 1 aliphatic carbocycles. The van der Waals surface area contributed by atoms with Crippen molar-refractivity contribution in [2.24, 2.45) is 5.92 Å². The zero-order valence-corrected chi connectivity index (χ0v) is 11.4. The lowest BCUT2D eigenvalue weighted by Crippen LogP contribution is -2.45. The van der Waals surface area contributed by atoms with Gasteiger partial charge in [0.1, 0.15) is 6.10 Å². The molecule has 0 saturated heterocycles. The summed E-state index contributed by atoms with van der Waals surface area (Å²) in [5, 5.41) is 3.28. The van der Waals surface area contributed by atoms with Crippen molar-refractivity contribution in [1.82, 2.24) is 5.32 Å². The largest absolute Gasteiger partial charge is 0.486 e. The molecule has 1 fully saturated rings. The highest BCUT2D eigenvalue weighted by Crippen LogP contribution is 2.29. The molecule has 2 rings (SSSR count). The lowest BCUT2D eigenvalue weighted by Gasteiger charge is -2.34. The van der Waals surface area contributed by atoms with Crippen LogP contribution in [0.1, 0.15) is 31.7 Å². The van der Waals surface area contributed by atoms with Gasteiger partial charge in [-0.25, -0.2) is 4.39 Å². The van der Waals surface area contributed by atoms with Gasteiger partial charge < -0.3 is 10.1 Å². The summed E-state index contributed by atoms with van der Waals surface area (Å²) in [6, 6.07) is 5.34. The van der Waals surface area contributed by atoms with E-state index in [-0.39, 0.29) is 11.9 Å². The highest BCUT2D eigenvalue weighted by molar-refractivity contribution is 5.29. The predicted octanol–water partition coefficient (Wildman–Crippen LogP) is 3.29. The second kappa shape index (κ2) is 5.70. The number of halogens is 1. The smallest absolute Gasteiger partial charge is 0.165 e. The fraction of sp³-hybridized carbons (Fsp3) is 0.600. The van der Waals surface area contributed by atoms with Crippen molar-refractivity contribution < 1.29 is 9.13 Å². The second-order valence-electron chi connectivity index (χ2n) is 5.40. The van der Waals surface area contributed by atoms with Crippen LogP contribution >= 0.6 is 0 Å². The van der Waals surface area contributed by atoms with E-state index < -0.39 is 0 Å². The fourth-order valence-electron chi connectivity index (χ4n) is 2.65. The van der Waals surface area contributed by atoms with Crippen LogP contribution in [0.4, 0.5) is 4.39 Å². The number of benzene rings is 1. The highest BCUT2D eigenvalue weighted by atomic mass is 19.1. The molecule has 3 heteroatoms. The van der Waals surface area contributed by atoms with Gasteiger partial charge in [0.15, 0.2) is 11.6 Å². The van der Waals surface area contributed by atoms with Crippen LogP contribution in [-0.4, -0.2) is 19.2 Å². The van der Waals surface area contributed by atoms with Gasteiger partial charge in [0.25, 0.3) is 0 Å². The summed E-state index contributed by atoms with van der Waals surface area (Å²) in [6.07, 6.45) is 3.35. The van der Waals surface area contributed by atoms with E-state index in [4.69, 9.17) is 4.74 Å². The monoisotopic (exact) mass is 251 g/mol. The summed E-state index contributed by atoms with van der Waals surface area (Å²) >= 11 is 0. The van der Waals surface area contributed by atoms with Crippen molar-refractivity contribution in [2.75, 3.05) is 7.05 Å². The lowest BCUT2D eigenvalue weighted by atomic mass is 9.85. The van der Waals surface area contributed by atoms with Gasteiger partial charge in [-0.3, -0.25) is 0 Å². The molecule has 0 bridgehead atoms. The minimum Gasteiger partial charge on any atom is -0.486 e. The Morgan fingerprint density at radius 3 is 2.83 bits per heavy atom. The molecule has 1 saturated carbocycles. The molecule has 3 unspecified atom stereocenters. The molecule has 2 nitrogen and oxygen atoms in total. The highest BCUT2D eigenvalue weighted by Gasteiger charge is 2.29. The second-order valence-corrected chi connectivity index (χ2v) is 5.40. The number of nitrogens with one attached hydrogen (secondary N) is 1. The maximum absolute atomic E-state index is 13.7. The van der Waals surface area contributed by atoms with E-state index >= 15 is 0 Å². The van der Waals surface area contributed by atoms with Crippen LogP contribution < -0.4 is 10.1 Å². The number of likely N-dealkylation sites (N-methyl/N-ethyl adjacent to an activating group) is 1. The number of ether oxygens (including phenoxy) is 1. The molecule has 0 aliphatic heterocycles. The summed E-state index contributed by atoms with van der Waals surface area (Å²) in [5.74, 6) is 0.760. The molecule has 3 atom stereocenters. The zero-order valence-electron chi connectivity index (χ0n) is 11.4. The van der Waals surface area contributed by atoms with Crippen molar-refractivity contribution in [3.63, 3.8) is 0 Å². The van der Waals surface area contributed by atoms with Gasteiger partial charge in [0.2, 0.25) is 0 Å². The summed E-state index contributed by atoms with van der Waals surface area (Å²) in [6.45, 7) is 4.18. The molecule has 0 heterocycles. The standard InChI is InChI=1S/C15H22FNO/c1-10-4-6-12(16)14(8-10)18-15-9-11(2)5-7-13(15)17-3/h4,6,8,11,13,15,17H,5,7,9H2,1-3H3. The molecule has 100 valence electrons. The molecule has 0 aromatic heterocycles. The molecule has 1 aromatic rings. The van der Waals surface area contributed by atoms with E-state index in [2.05, 4.69) is 12.2 Å². The average Bonchev–Trinajstić information content (AvgIpc) is 2.34. The first-order valence-corrected chi connectivity index (χ1v) is 6.70. The number of hydrogen-bond acceptors (Lipinski definition) is 2. The fourth-order valence-corrected chi connectivity index (χ4v) is 2.65. The van der Waals surface area contributed by atoms with Crippen molar-refractivity contribution >= 4 is 0 Å². The van der Waals surface area contributed by atoms with Gasteiger partial charge in [-0.2, -0.15) is 0 Å². The predicted molar refractivity (Wildman–Crippen MR) is 71.4 cm³/mol. The molecular formula is C15H22FNO. The molecule has 1 aromatic carbocycles. The maximum atomic E-state index is 13.7. The minimum atomic E-state index is -0.270. The van der Waals surface area contributed by atoms with Crippen LogP contribution in [0.3, 0.4) is 0 Å². The van der Waals surface area contributed by atoms with Crippen molar-refractivity contribution in [1.29, 1.82) is 0 Å². The Balaban J connectivity index is 2.12. The lowest BCUT2D eigenvalue weighted by molar-refractivity contribution is 0.0904. The molecule has 0 radical (unpaired) electrons. The van der Waals surface area contributed by atoms with Crippen molar-refractivity contribution in [2.45, 2.75) is 45.3 Å². The van der Waals surface area contributed by atoms with Gasteiger partial charge >= 0.3 is 0 Å². The van der Waals surface area contributed by atoms with Crippen LogP contribution in [0.25, 0.3) is 0 Å². The summed E-state index contributed by atoms with van der Waals surface area (Å²) in [7, 11) is 1.95. The number of rotatable bonds is 3. The Morgan fingerprint density at radius 2 is 2.11 bits per heavy atom. The Morgan fingerprint density at radius 1 is 1.33 bits per heavy atom. The third-order valence-corrected chi connectivity index (χ3v) is 3.79. The van der Waals surface area contributed by atoms with Gasteiger partial charge in [-0.15, -0.1) is 0 Å². The average molecular weight is 251 g/mol. The SMILES string of the molecule is CNC1CCC(C)CC1Oc1cc(C)ccc1F. The van der Waals surface area contributed by atoms with E-state index in [1.165, 1.54) is 12.5 Å².